The number of benzene rings is 1. The number of phenolic OH excluding ortho intramolecular Hbond substituents is 1. The number of nitrogens with zero attached hydrogens (tertiary/aromatic N) is 3. The largest absolute Gasteiger partial charge is 0.514 e. The Hall–Kier alpha value is -4.14. The number of nitriles is 1. The topological polar surface area (TPSA) is 169 Å². The monoisotopic (exact) mass is 433 g/mol. The summed E-state index contributed by atoms with van der Waals surface area (Å²) in [6.45, 7) is 4.19. The maximum absolute atomic E-state index is 12.4. The van der Waals surface area contributed by atoms with Gasteiger partial charge >= 0.3 is 17.8 Å². The molecule has 1 amide bonds. The number of amides is 1. The molecule has 1 aliphatic rings. The Bertz CT molecular complexity index is 977. The second-order valence-corrected chi connectivity index (χ2v) is 6.21. The summed E-state index contributed by atoms with van der Waals surface area (Å²) in [4.78, 5) is 47.5. The Morgan fingerprint density at radius 2 is 2.10 bits per heavy atom. The summed E-state index contributed by atoms with van der Waals surface area (Å²) >= 11 is 0. The van der Waals surface area contributed by atoms with Crippen molar-refractivity contribution in [3.05, 3.63) is 33.4 Å². The van der Waals surface area contributed by atoms with Crippen LogP contribution in [0, 0.1) is 21.4 Å². The highest BCUT2D eigenvalue weighted by atomic mass is 16.7. The Balaban J connectivity index is 2.38. The Morgan fingerprint density at radius 3 is 2.61 bits per heavy atom. The molecule has 1 aliphatic heterocycles. The molecule has 1 heterocycles. The molecule has 0 spiro atoms. The lowest BCUT2D eigenvalue weighted by Gasteiger charge is -2.17. The first-order valence-electron chi connectivity index (χ1n) is 9.19. The van der Waals surface area contributed by atoms with Crippen LogP contribution >= 0.6 is 0 Å². The summed E-state index contributed by atoms with van der Waals surface area (Å²) in [5.41, 5.74) is -1.19. The van der Waals surface area contributed by atoms with Crippen molar-refractivity contribution in [3.63, 3.8) is 0 Å². The van der Waals surface area contributed by atoms with Crippen molar-refractivity contribution < 1.29 is 38.6 Å². The molecule has 12 nitrogen and oxygen atoms in total. The smallest absolute Gasteiger partial charge is 0.499 e. The number of ether oxygens (including phenoxy) is 3. The normalized spacial score (nSPS) is 15.6. The van der Waals surface area contributed by atoms with Crippen molar-refractivity contribution in [1.82, 2.24) is 4.90 Å². The molecule has 1 aromatic rings. The van der Waals surface area contributed by atoms with Crippen LogP contribution in [0.1, 0.15) is 25.8 Å². The van der Waals surface area contributed by atoms with Crippen LogP contribution in [0.2, 0.25) is 0 Å². The van der Waals surface area contributed by atoms with Crippen molar-refractivity contribution in [2.24, 2.45) is 0 Å². The molecule has 0 saturated carbocycles. The van der Waals surface area contributed by atoms with Crippen LogP contribution in [-0.4, -0.2) is 58.8 Å². The van der Waals surface area contributed by atoms with Gasteiger partial charge in [0.2, 0.25) is 11.9 Å². The Morgan fingerprint density at radius 1 is 1.42 bits per heavy atom. The van der Waals surface area contributed by atoms with Gasteiger partial charge in [-0.15, -0.1) is 0 Å². The van der Waals surface area contributed by atoms with E-state index in [9.17, 15) is 34.9 Å². The van der Waals surface area contributed by atoms with Crippen LogP contribution in [0.3, 0.4) is 0 Å². The van der Waals surface area contributed by atoms with E-state index in [1.165, 1.54) is 4.90 Å². The molecule has 0 bridgehead atoms. The molecule has 0 radical (unpaired) electrons. The second-order valence-electron chi connectivity index (χ2n) is 6.21. The third-order valence-electron chi connectivity index (χ3n) is 4.31. The quantitative estimate of drug-likeness (QED) is 0.167. The average molecular weight is 433 g/mol. The van der Waals surface area contributed by atoms with Gasteiger partial charge in [-0.25, -0.2) is 9.59 Å². The summed E-state index contributed by atoms with van der Waals surface area (Å²) in [6, 6.07) is 3.66. The number of nitro groups is 1. The third-order valence-corrected chi connectivity index (χ3v) is 4.31. The molecule has 1 unspecified atom stereocenters. The van der Waals surface area contributed by atoms with Gasteiger partial charge in [-0.3, -0.25) is 14.9 Å². The number of cyclic esters (lactones) is 1. The molecule has 1 aromatic carbocycles. The van der Waals surface area contributed by atoms with Gasteiger partial charge in [0.25, 0.3) is 5.91 Å². The van der Waals surface area contributed by atoms with E-state index in [2.05, 4.69) is 4.74 Å². The number of aromatic hydroxyl groups is 1. The summed E-state index contributed by atoms with van der Waals surface area (Å²) in [6.07, 6.45) is -1.40. The maximum atomic E-state index is 12.4. The van der Waals surface area contributed by atoms with Crippen LogP contribution in [0.25, 0.3) is 6.08 Å². The first kappa shape index (κ1) is 23.1. The Kier molecular flexibility index (Phi) is 7.51. The number of likely N-dealkylation sites (N-methyl/N-ethyl adjacent to an activating group) is 1. The highest BCUT2D eigenvalue weighted by molar-refractivity contribution is 6.01. The number of nitro benzene ring substituents is 1. The van der Waals surface area contributed by atoms with E-state index in [1.54, 1.807) is 19.9 Å². The number of hydrogen-bond acceptors (Lipinski definition) is 10. The fourth-order valence-corrected chi connectivity index (χ4v) is 2.72. The lowest BCUT2D eigenvalue weighted by molar-refractivity contribution is -0.385. The van der Waals surface area contributed by atoms with Crippen LogP contribution in [-0.2, 0) is 19.1 Å². The highest BCUT2D eigenvalue weighted by Gasteiger charge is 2.32. The van der Waals surface area contributed by atoms with Gasteiger partial charge in [0.05, 0.1) is 11.5 Å². The van der Waals surface area contributed by atoms with E-state index in [1.807, 2.05) is 0 Å². The number of carbonyl (C=O) groups is 3. The number of phenols is 1. The van der Waals surface area contributed by atoms with Crippen molar-refractivity contribution in [1.29, 1.82) is 5.26 Å². The minimum absolute atomic E-state index is 0.0513. The molecule has 12 heteroatoms. The SMILES string of the molecule is CCN(CC)C(=O)/C(C#N)=C/c1cc(OC(=O)OC2CCOC2=O)c(O)c([N+](=O)[O-])c1. The standard InChI is InChI=1S/C19H19N3O9/c1-3-21(4-2)17(24)12(10-20)7-11-8-13(22(27)28)16(23)15(9-11)31-19(26)30-14-5-6-29-18(14)25/h7-9,14,23H,3-6H2,1-2H3/b12-7+. The molecule has 2 rings (SSSR count). The molecule has 1 fully saturated rings. The van der Waals surface area contributed by atoms with Crippen LogP contribution in [0.4, 0.5) is 10.5 Å². The van der Waals surface area contributed by atoms with E-state index in [4.69, 9.17) is 9.47 Å². The predicted molar refractivity (Wildman–Crippen MR) is 103 cm³/mol. The molecule has 0 aliphatic carbocycles. The lowest BCUT2D eigenvalue weighted by Crippen LogP contribution is -2.31. The van der Waals surface area contributed by atoms with Gasteiger partial charge in [-0.05, 0) is 31.6 Å². The molecular formula is C19H19N3O9. The van der Waals surface area contributed by atoms with E-state index in [0.29, 0.717) is 13.1 Å². The van der Waals surface area contributed by atoms with E-state index < -0.39 is 46.2 Å². The summed E-state index contributed by atoms with van der Waals surface area (Å²) in [5, 5.41) is 30.7. The van der Waals surface area contributed by atoms with Gasteiger partial charge in [0, 0.05) is 25.6 Å². The van der Waals surface area contributed by atoms with Crippen LogP contribution in [0.5, 0.6) is 11.5 Å². The van der Waals surface area contributed by atoms with Crippen molar-refractivity contribution in [3.8, 4) is 17.6 Å². The lowest BCUT2D eigenvalue weighted by atomic mass is 10.1. The summed E-state index contributed by atoms with van der Waals surface area (Å²) < 4.78 is 14.2. The zero-order valence-electron chi connectivity index (χ0n) is 16.7. The van der Waals surface area contributed by atoms with E-state index in [0.717, 1.165) is 18.2 Å². The summed E-state index contributed by atoms with van der Waals surface area (Å²) in [7, 11) is 0. The van der Waals surface area contributed by atoms with Gasteiger partial charge < -0.3 is 24.2 Å². The second kappa shape index (κ2) is 10.1. The van der Waals surface area contributed by atoms with Crippen LogP contribution < -0.4 is 4.74 Å². The summed E-state index contributed by atoms with van der Waals surface area (Å²) in [5.74, 6) is -2.98. The fourth-order valence-electron chi connectivity index (χ4n) is 2.72. The van der Waals surface area contributed by atoms with E-state index >= 15 is 0 Å². The van der Waals surface area contributed by atoms with Crippen LogP contribution in [0.15, 0.2) is 17.7 Å². The first-order chi connectivity index (χ1) is 14.7. The molecular weight excluding hydrogens is 414 g/mol. The Labute approximate surface area is 176 Å². The maximum Gasteiger partial charge on any atom is 0.514 e. The zero-order chi connectivity index (χ0) is 23.1. The van der Waals surface area contributed by atoms with Crippen molar-refractivity contribution in [2.75, 3.05) is 19.7 Å². The molecule has 0 aromatic heterocycles. The van der Waals surface area contributed by atoms with Gasteiger partial charge in [-0.2, -0.15) is 5.26 Å². The van der Waals surface area contributed by atoms with Gasteiger partial charge in [0.15, 0.2) is 5.75 Å². The minimum Gasteiger partial charge on any atom is -0.499 e. The molecule has 1 saturated heterocycles. The third kappa shape index (κ3) is 5.47. The highest BCUT2D eigenvalue weighted by Crippen LogP contribution is 2.38. The zero-order valence-corrected chi connectivity index (χ0v) is 16.7. The fraction of sp³-hybridized carbons (Fsp3) is 0.368. The first-order valence-corrected chi connectivity index (χ1v) is 9.19. The molecule has 164 valence electrons. The van der Waals surface area contributed by atoms with Gasteiger partial charge in [-0.1, -0.05) is 0 Å². The van der Waals surface area contributed by atoms with Gasteiger partial charge in [0.1, 0.15) is 11.6 Å². The number of rotatable bonds is 7. The molecule has 31 heavy (non-hydrogen) atoms. The van der Waals surface area contributed by atoms with E-state index in [-0.39, 0.29) is 24.2 Å². The minimum atomic E-state index is -1.39. The predicted octanol–water partition coefficient (Wildman–Crippen LogP) is 1.91. The number of esters is 1. The molecule has 1 N–H and O–H groups in total. The molecule has 1 atom stereocenters. The van der Waals surface area contributed by atoms with Crippen molar-refractivity contribution >= 4 is 29.8 Å². The number of carbonyl (C=O) groups excluding carboxylic acids is 3. The van der Waals surface area contributed by atoms with Crippen molar-refractivity contribution in [2.45, 2.75) is 26.4 Å². The number of hydrogen-bond donors (Lipinski definition) is 1. The average Bonchev–Trinajstić information content (AvgIpc) is 3.13.